The van der Waals surface area contributed by atoms with E-state index in [1.165, 1.54) is 6.08 Å². The Hall–Kier alpha value is -6.00. The molecule has 18 nitrogen and oxygen atoms in total. The Bertz CT molecular complexity index is 2730. The highest BCUT2D eigenvalue weighted by Crippen LogP contribution is 2.37. The number of ether oxygens (including phenoxy) is 1. The number of ketones is 1. The predicted octanol–water partition coefficient (Wildman–Crippen LogP) is 13.0. The molecule has 7 aromatic rings. The maximum absolute atomic E-state index is 12.3. The second kappa shape index (κ2) is 39.4. The van der Waals surface area contributed by atoms with Crippen molar-refractivity contribution in [3.63, 3.8) is 0 Å². The van der Waals surface area contributed by atoms with Crippen LogP contribution in [0.15, 0.2) is 122 Å². The number of aliphatic hydroxyl groups is 2. The van der Waals surface area contributed by atoms with Gasteiger partial charge >= 0.3 is 0 Å². The van der Waals surface area contributed by atoms with Gasteiger partial charge in [0, 0.05) is 131 Å². The van der Waals surface area contributed by atoms with Gasteiger partial charge in [-0.3, -0.25) is 50.0 Å². The number of halogens is 2. The van der Waals surface area contributed by atoms with Gasteiger partial charge < -0.3 is 24.3 Å². The number of hydrogen-bond donors (Lipinski definition) is 4. The zero-order chi connectivity index (χ0) is 58.6. The summed E-state index contributed by atoms with van der Waals surface area (Å²) in [5.74, 6) is 5.29. The maximum atomic E-state index is 12.3. The zero-order valence-corrected chi connectivity index (χ0v) is 52.2. The Kier molecular flexibility index (Phi) is 37.5. The minimum Gasteiger partial charge on any atom is -0.412 e. The van der Waals surface area contributed by atoms with E-state index >= 15 is 0 Å². The Morgan fingerprint density at radius 1 is 0.667 bits per heavy atom. The van der Waals surface area contributed by atoms with Crippen LogP contribution >= 0.6 is 24.0 Å². The quantitative estimate of drug-likeness (QED) is 0.0166. The van der Waals surface area contributed by atoms with Crippen LogP contribution in [0.2, 0.25) is 18.1 Å². The van der Waals surface area contributed by atoms with Gasteiger partial charge in [0.2, 0.25) is 5.78 Å². The number of alkyl halides is 1. The van der Waals surface area contributed by atoms with E-state index in [4.69, 9.17) is 31.7 Å². The van der Waals surface area contributed by atoms with Crippen LogP contribution in [0, 0.1) is 0 Å². The van der Waals surface area contributed by atoms with E-state index in [0.29, 0.717) is 42.9 Å². The fourth-order valence-electron chi connectivity index (χ4n) is 6.80. The number of aliphatic hydroxyl groups excluding tert-OH is 2. The maximum Gasteiger partial charge on any atom is 0.205 e. The molecule has 0 aliphatic rings. The molecular weight excluding hydrogens is 1080 g/mol. The summed E-state index contributed by atoms with van der Waals surface area (Å²) in [5, 5.41) is 29.3. The zero-order valence-electron chi connectivity index (χ0n) is 49.6. The Morgan fingerprint density at radius 3 is 1.40 bits per heavy atom. The third-order valence-electron chi connectivity index (χ3n) is 11.9. The lowest BCUT2D eigenvalue weighted by molar-refractivity contribution is 0.103. The van der Waals surface area contributed by atoms with Crippen LogP contribution in [0.4, 0.5) is 0 Å². The molecule has 0 fully saturated rings. The molecule has 81 heavy (non-hydrogen) atoms. The highest BCUT2D eigenvalue weighted by molar-refractivity contribution is 6.74. The number of pyridine rings is 4. The third-order valence-corrected chi connectivity index (χ3v) is 16.6. The molecule has 0 aromatic carbocycles. The van der Waals surface area contributed by atoms with E-state index in [-0.39, 0.29) is 50.7 Å². The molecule has 0 aliphatic carbocycles. The van der Waals surface area contributed by atoms with Gasteiger partial charge in [-0.05, 0) is 122 Å². The van der Waals surface area contributed by atoms with Crippen molar-refractivity contribution in [1.29, 1.82) is 0 Å². The summed E-state index contributed by atoms with van der Waals surface area (Å²) in [6.07, 6.45) is 15.6. The molecule has 7 rings (SSSR count). The van der Waals surface area contributed by atoms with E-state index in [1.807, 2.05) is 114 Å². The van der Waals surface area contributed by atoms with Gasteiger partial charge in [-0.2, -0.15) is 15.3 Å². The first-order valence-electron chi connectivity index (χ1n) is 26.0. The van der Waals surface area contributed by atoms with Crippen LogP contribution in [-0.4, -0.2) is 113 Å². The fraction of sp³-hybridized carbons (Fsp3) is 0.467. The number of carbonyl (C=O) groups excluding carboxylic acids is 1. The number of methoxy groups -OCH3 is 1. The van der Waals surface area contributed by atoms with E-state index in [1.54, 1.807) is 56.7 Å². The molecule has 0 spiro atoms. The van der Waals surface area contributed by atoms with Crippen molar-refractivity contribution in [2.75, 3.05) is 28.3 Å². The van der Waals surface area contributed by atoms with Crippen molar-refractivity contribution in [3.8, 4) is 34.2 Å². The third kappa shape index (κ3) is 24.5. The average Bonchev–Trinajstić information content (AvgIpc) is 4.24. The Morgan fingerprint density at radius 2 is 1.04 bits per heavy atom. The SMILES string of the molecule is C.C.CC(C)NN.CC(C)n1nccc1-c1ncccc1CCl.CC(C)n1nccc1-c1ncccc1CO.CN(C)/C=C/C(=O)c1ncccc1CO[Si](C)(C)C(C)(C)C.CO.COCc1cccnc1-c1ccnn1C(C)C.Cl. The van der Waals surface area contributed by atoms with Gasteiger partial charge in [0.05, 0.1) is 54.0 Å². The Balaban J connectivity index is 0. The lowest BCUT2D eigenvalue weighted by atomic mass is 10.1. The molecule has 0 unspecified atom stereocenters. The number of carbonyl (C=O) groups is 1. The highest BCUT2D eigenvalue weighted by Gasteiger charge is 2.37. The summed E-state index contributed by atoms with van der Waals surface area (Å²) < 4.78 is 17.2. The van der Waals surface area contributed by atoms with Crippen LogP contribution in [0.5, 0.6) is 0 Å². The average molecular weight is 1180 g/mol. The first kappa shape index (κ1) is 77.1. The first-order valence-corrected chi connectivity index (χ1v) is 29.4. The molecule has 450 valence electrons. The highest BCUT2D eigenvalue weighted by atomic mass is 35.5. The lowest BCUT2D eigenvalue weighted by Gasteiger charge is -2.36. The number of nitrogens with one attached hydrogen (secondary N) is 1. The number of nitrogens with two attached hydrogens (primary N) is 1. The normalized spacial score (nSPS) is 10.8. The number of allylic oxidation sites excluding steroid dienone is 1. The van der Waals surface area contributed by atoms with Crippen LogP contribution in [0.1, 0.15) is 142 Å². The summed E-state index contributed by atoms with van der Waals surface area (Å²) in [6.45, 7) is 28.5. The summed E-state index contributed by atoms with van der Waals surface area (Å²) in [6, 6.07) is 22.5. The van der Waals surface area contributed by atoms with Crippen molar-refractivity contribution in [1.82, 2.24) is 59.6 Å². The summed E-state index contributed by atoms with van der Waals surface area (Å²) in [5.41, 5.74) is 12.5. The standard InChI is InChI=1S/C17H28N2O2Si.C13H17N3O.C12H14ClN3.C12H15N3O.C3H10N2.CH4O.2CH4.ClH/c1-17(2,3)22(6,7)21-13-14-9-8-11-18-16(14)15(20)10-12-19(4)5;1-10(2)16-12(6-8-15-16)13-11(9-17-3)5-4-7-14-13;1-9(2)16-11(5-7-15-16)12-10(8-13)4-3-6-14-12;1-9(2)15-11(5-7-14-15)12-10(8-16)4-3-6-13-12;1-3(2)5-4;1-2;;;/h8-12H,13H2,1-7H3;4-8,10H,9H2,1-3H3;3-7,9H,8H2,1-2H3;3-7,9,16H,8H2,1-2H3;3,5H,4H2,1-2H3;2H,1H3;2*1H4;1H/b12-10+;;;;;;;;. The van der Waals surface area contributed by atoms with Crippen LogP contribution in [0.25, 0.3) is 34.2 Å². The molecule has 0 amide bonds. The van der Waals surface area contributed by atoms with Crippen LogP contribution in [-0.2, 0) is 34.9 Å². The molecular formula is C60H97Cl2N13O5Si. The van der Waals surface area contributed by atoms with Gasteiger partial charge in [0.1, 0.15) is 5.69 Å². The number of hydrogen-bond acceptors (Lipinski definition) is 15. The number of nitrogens with zero attached hydrogens (tertiary/aromatic N) is 11. The van der Waals surface area contributed by atoms with E-state index in [0.717, 1.165) is 63.5 Å². The Labute approximate surface area is 497 Å². The van der Waals surface area contributed by atoms with Gasteiger partial charge in [-0.25, -0.2) is 0 Å². The molecule has 7 heterocycles. The van der Waals surface area contributed by atoms with Gasteiger partial charge in [-0.1, -0.05) is 59.9 Å². The van der Waals surface area contributed by atoms with Gasteiger partial charge in [0.25, 0.3) is 0 Å². The molecule has 0 saturated heterocycles. The van der Waals surface area contributed by atoms with Crippen molar-refractivity contribution in [2.24, 2.45) is 5.84 Å². The molecule has 0 aliphatic heterocycles. The van der Waals surface area contributed by atoms with Crippen molar-refractivity contribution in [2.45, 2.75) is 159 Å². The first-order chi connectivity index (χ1) is 37.0. The van der Waals surface area contributed by atoms with Gasteiger partial charge in [-0.15, -0.1) is 24.0 Å². The lowest BCUT2D eigenvalue weighted by Crippen LogP contribution is -2.40. The van der Waals surface area contributed by atoms with Crippen LogP contribution in [0.3, 0.4) is 0 Å². The summed E-state index contributed by atoms with van der Waals surface area (Å²) >= 11 is 5.91. The topological polar surface area (TPSA) is 222 Å². The monoisotopic (exact) mass is 1180 g/mol. The van der Waals surface area contributed by atoms with E-state index in [2.05, 4.69) is 116 Å². The van der Waals surface area contributed by atoms with Crippen LogP contribution < -0.4 is 11.3 Å². The molecule has 0 radical (unpaired) electrons. The summed E-state index contributed by atoms with van der Waals surface area (Å²) in [4.78, 5) is 31.5. The molecule has 5 N–H and O–H groups in total. The second-order valence-electron chi connectivity index (χ2n) is 20.5. The smallest absolute Gasteiger partial charge is 0.205 e. The molecule has 21 heteroatoms. The number of aromatic nitrogens is 10. The summed E-state index contributed by atoms with van der Waals surface area (Å²) in [7, 11) is 4.60. The number of rotatable bonds is 17. The minimum atomic E-state index is -1.85. The largest absolute Gasteiger partial charge is 0.412 e. The molecule has 0 saturated carbocycles. The fourth-order valence-corrected chi connectivity index (χ4v) is 7.97. The van der Waals surface area contributed by atoms with E-state index < -0.39 is 8.32 Å². The van der Waals surface area contributed by atoms with E-state index in [9.17, 15) is 9.90 Å². The van der Waals surface area contributed by atoms with Crippen molar-refractivity contribution >= 4 is 38.1 Å². The van der Waals surface area contributed by atoms with Gasteiger partial charge in [0.15, 0.2) is 8.32 Å². The minimum absolute atomic E-state index is 0. The van der Waals surface area contributed by atoms with Crippen molar-refractivity contribution in [3.05, 3.63) is 150 Å². The predicted molar refractivity (Wildman–Crippen MR) is 338 cm³/mol. The van der Waals surface area contributed by atoms with Crippen molar-refractivity contribution < 1.29 is 24.2 Å². The molecule has 0 atom stereocenters. The second-order valence-corrected chi connectivity index (χ2v) is 25.6. The molecule has 7 aromatic heterocycles. The molecule has 0 bridgehead atoms. The number of hydrazine groups is 1.